The van der Waals surface area contributed by atoms with Crippen molar-refractivity contribution >= 4 is 43.2 Å². The zero-order chi connectivity index (χ0) is 13.1. The van der Waals surface area contributed by atoms with Crippen LogP contribution in [-0.2, 0) is 0 Å². The van der Waals surface area contributed by atoms with Gasteiger partial charge in [0.1, 0.15) is 0 Å². The molecule has 1 atom stereocenters. The molecule has 0 spiro atoms. The number of hydrogen-bond donors (Lipinski definition) is 1. The van der Waals surface area contributed by atoms with Crippen LogP contribution in [0.4, 0.5) is 0 Å². The Kier molecular flexibility index (Phi) is 5.01. The van der Waals surface area contributed by atoms with E-state index in [0.717, 1.165) is 11.0 Å². The number of hydrogen-bond acceptors (Lipinski definition) is 2. The molecule has 0 aliphatic carbocycles. The average molecular weight is 389 g/mol. The molecule has 0 amide bonds. The standard InChI is InChI=1S/C14H15Br2NS/c1-3-17-13(14-12(16)7-8-18-14)10-5-4-6-11(15)9(10)2/h4-8,13,17H,3H2,1-2H3. The Balaban J connectivity index is 2.48. The van der Waals surface area contributed by atoms with E-state index < -0.39 is 0 Å². The van der Waals surface area contributed by atoms with Crippen LogP contribution in [0.5, 0.6) is 0 Å². The Morgan fingerprint density at radius 3 is 2.61 bits per heavy atom. The molecule has 0 aliphatic rings. The third-order valence-corrected chi connectivity index (χ3v) is 5.73. The zero-order valence-electron chi connectivity index (χ0n) is 10.3. The van der Waals surface area contributed by atoms with E-state index in [9.17, 15) is 0 Å². The second-order valence-electron chi connectivity index (χ2n) is 4.08. The van der Waals surface area contributed by atoms with Crippen LogP contribution in [0.1, 0.15) is 29.0 Å². The van der Waals surface area contributed by atoms with E-state index in [2.05, 4.69) is 80.7 Å². The summed E-state index contributed by atoms with van der Waals surface area (Å²) < 4.78 is 2.34. The fraction of sp³-hybridized carbons (Fsp3) is 0.286. The maximum atomic E-state index is 3.64. The van der Waals surface area contributed by atoms with Gasteiger partial charge in [-0.05, 0) is 58.0 Å². The topological polar surface area (TPSA) is 12.0 Å². The monoisotopic (exact) mass is 387 g/mol. The van der Waals surface area contributed by atoms with Gasteiger partial charge in [0, 0.05) is 13.8 Å². The lowest BCUT2D eigenvalue weighted by molar-refractivity contribution is 0.634. The fourth-order valence-electron chi connectivity index (χ4n) is 2.00. The number of rotatable bonds is 4. The van der Waals surface area contributed by atoms with Gasteiger partial charge in [0.25, 0.3) is 0 Å². The summed E-state index contributed by atoms with van der Waals surface area (Å²) in [5.74, 6) is 0. The third-order valence-electron chi connectivity index (χ3n) is 2.94. The van der Waals surface area contributed by atoms with Gasteiger partial charge in [0.05, 0.1) is 6.04 Å². The number of nitrogens with one attached hydrogen (secondary N) is 1. The van der Waals surface area contributed by atoms with Gasteiger partial charge in [-0.2, -0.15) is 0 Å². The fourth-order valence-corrected chi connectivity index (χ4v) is 4.07. The Hall–Kier alpha value is -0.160. The maximum Gasteiger partial charge on any atom is 0.0685 e. The molecule has 0 bridgehead atoms. The van der Waals surface area contributed by atoms with Crippen LogP contribution in [0.15, 0.2) is 38.6 Å². The minimum Gasteiger partial charge on any atom is -0.306 e. The molecule has 2 aromatic rings. The van der Waals surface area contributed by atoms with E-state index in [0.29, 0.717) is 0 Å². The zero-order valence-corrected chi connectivity index (χ0v) is 14.3. The normalized spacial score (nSPS) is 12.7. The van der Waals surface area contributed by atoms with Crippen molar-refractivity contribution in [2.24, 2.45) is 0 Å². The summed E-state index contributed by atoms with van der Waals surface area (Å²) in [4.78, 5) is 1.33. The highest BCUT2D eigenvalue weighted by molar-refractivity contribution is 9.10. The van der Waals surface area contributed by atoms with Gasteiger partial charge in [0.15, 0.2) is 0 Å². The SMILES string of the molecule is CCNC(c1cccc(Br)c1C)c1sccc1Br. The van der Waals surface area contributed by atoms with Crippen molar-refractivity contribution in [1.82, 2.24) is 5.32 Å². The molecule has 1 N–H and O–H groups in total. The highest BCUT2D eigenvalue weighted by Gasteiger charge is 2.19. The van der Waals surface area contributed by atoms with Crippen LogP contribution in [0.2, 0.25) is 0 Å². The molecule has 1 nitrogen and oxygen atoms in total. The summed E-state index contributed by atoms with van der Waals surface area (Å²) in [7, 11) is 0. The van der Waals surface area contributed by atoms with Crippen LogP contribution in [0.25, 0.3) is 0 Å². The van der Waals surface area contributed by atoms with Gasteiger partial charge in [-0.15, -0.1) is 11.3 Å². The van der Waals surface area contributed by atoms with E-state index in [4.69, 9.17) is 0 Å². The van der Waals surface area contributed by atoms with Gasteiger partial charge >= 0.3 is 0 Å². The van der Waals surface area contributed by atoms with Gasteiger partial charge in [-0.3, -0.25) is 0 Å². The molecule has 4 heteroatoms. The van der Waals surface area contributed by atoms with E-state index in [1.165, 1.54) is 20.5 Å². The van der Waals surface area contributed by atoms with Gasteiger partial charge in [-0.25, -0.2) is 0 Å². The second-order valence-corrected chi connectivity index (χ2v) is 6.73. The highest BCUT2D eigenvalue weighted by atomic mass is 79.9. The molecule has 0 fully saturated rings. The van der Waals surface area contributed by atoms with E-state index >= 15 is 0 Å². The molecule has 1 aromatic carbocycles. The predicted octanol–water partition coefficient (Wildman–Crippen LogP) is 5.28. The molecule has 0 saturated heterocycles. The Bertz CT molecular complexity index is 536. The number of benzene rings is 1. The molecule has 1 heterocycles. The highest BCUT2D eigenvalue weighted by Crippen LogP contribution is 2.35. The van der Waals surface area contributed by atoms with E-state index in [1.807, 2.05) is 0 Å². The largest absolute Gasteiger partial charge is 0.306 e. The lowest BCUT2D eigenvalue weighted by atomic mass is 10.00. The Labute approximate surface area is 129 Å². The smallest absolute Gasteiger partial charge is 0.0685 e. The third kappa shape index (κ3) is 2.87. The first-order chi connectivity index (χ1) is 8.65. The van der Waals surface area contributed by atoms with Gasteiger partial charge < -0.3 is 5.32 Å². The van der Waals surface area contributed by atoms with Crippen LogP contribution in [-0.4, -0.2) is 6.54 Å². The first kappa shape index (κ1) is 14.3. The molecule has 0 aliphatic heterocycles. The van der Waals surface area contributed by atoms with Crippen LogP contribution in [0, 0.1) is 6.92 Å². The molecule has 18 heavy (non-hydrogen) atoms. The van der Waals surface area contributed by atoms with Crippen molar-refractivity contribution in [1.29, 1.82) is 0 Å². The maximum absolute atomic E-state index is 3.64. The van der Waals surface area contributed by atoms with Crippen molar-refractivity contribution in [2.75, 3.05) is 6.54 Å². The lowest BCUT2D eigenvalue weighted by Gasteiger charge is -2.20. The van der Waals surface area contributed by atoms with E-state index in [-0.39, 0.29) is 6.04 Å². The van der Waals surface area contributed by atoms with Gasteiger partial charge in [-0.1, -0.05) is 35.0 Å². The molecule has 1 unspecified atom stereocenters. The van der Waals surface area contributed by atoms with Gasteiger partial charge in [0.2, 0.25) is 0 Å². The second kappa shape index (κ2) is 6.33. The summed E-state index contributed by atoms with van der Waals surface area (Å²) in [5.41, 5.74) is 2.62. The molecular formula is C14H15Br2NS. The van der Waals surface area contributed by atoms with Crippen molar-refractivity contribution in [3.05, 3.63) is 54.6 Å². The summed E-state index contributed by atoms with van der Waals surface area (Å²) in [5, 5.41) is 5.69. The van der Waals surface area contributed by atoms with E-state index in [1.54, 1.807) is 11.3 Å². The van der Waals surface area contributed by atoms with Crippen LogP contribution < -0.4 is 5.32 Å². The molecular weight excluding hydrogens is 374 g/mol. The van der Waals surface area contributed by atoms with Crippen molar-refractivity contribution in [3.8, 4) is 0 Å². The summed E-state index contributed by atoms with van der Waals surface area (Å²) in [6.07, 6.45) is 0. The Morgan fingerprint density at radius 1 is 1.22 bits per heavy atom. The van der Waals surface area contributed by atoms with Crippen molar-refractivity contribution < 1.29 is 0 Å². The number of thiophene rings is 1. The molecule has 0 radical (unpaired) electrons. The number of halogens is 2. The van der Waals surface area contributed by atoms with Crippen molar-refractivity contribution in [2.45, 2.75) is 19.9 Å². The average Bonchev–Trinajstić information content (AvgIpc) is 2.76. The summed E-state index contributed by atoms with van der Waals surface area (Å²) >= 11 is 9.03. The molecule has 1 aromatic heterocycles. The minimum atomic E-state index is 0.252. The Morgan fingerprint density at radius 2 is 2.00 bits per heavy atom. The van der Waals surface area contributed by atoms with Crippen LogP contribution in [0.3, 0.4) is 0 Å². The first-order valence-electron chi connectivity index (χ1n) is 5.86. The van der Waals surface area contributed by atoms with Crippen molar-refractivity contribution in [3.63, 3.8) is 0 Å². The lowest BCUT2D eigenvalue weighted by Crippen LogP contribution is -2.22. The predicted molar refractivity (Wildman–Crippen MR) is 86.4 cm³/mol. The molecule has 96 valence electrons. The van der Waals surface area contributed by atoms with Crippen LogP contribution >= 0.6 is 43.2 Å². The first-order valence-corrected chi connectivity index (χ1v) is 8.33. The quantitative estimate of drug-likeness (QED) is 0.751. The summed E-state index contributed by atoms with van der Waals surface area (Å²) in [6, 6.07) is 8.74. The molecule has 2 rings (SSSR count). The minimum absolute atomic E-state index is 0.252. The molecule has 0 saturated carbocycles. The summed E-state index contributed by atoms with van der Waals surface area (Å²) in [6.45, 7) is 5.24.